The average molecular weight is 379 g/mol. The molecule has 3 aromatic rings. The van der Waals surface area contributed by atoms with Gasteiger partial charge in [0.1, 0.15) is 5.01 Å². The van der Waals surface area contributed by atoms with Crippen LogP contribution in [0.4, 0.5) is 11.4 Å². The van der Waals surface area contributed by atoms with Crippen LogP contribution in [0.2, 0.25) is 0 Å². The van der Waals surface area contributed by atoms with Crippen molar-refractivity contribution in [1.29, 1.82) is 0 Å². The Morgan fingerprint density at radius 2 is 1.63 bits per heavy atom. The van der Waals surface area contributed by atoms with Crippen molar-refractivity contribution in [3.05, 3.63) is 52.9 Å². The number of carbonyl (C=O) groups is 2. The largest absolute Gasteiger partial charge is 0.326 e. The summed E-state index contributed by atoms with van der Waals surface area (Å²) in [4.78, 5) is 27.7. The molecule has 0 bridgehead atoms. The quantitative estimate of drug-likeness (QED) is 0.669. The molecule has 0 aliphatic carbocycles. The molecule has 0 atom stereocenters. The molecule has 0 saturated carbocycles. The minimum absolute atomic E-state index is 0.165. The van der Waals surface area contributed by atoms with Gasteiger partial charge in [0.25, 0.3) is 0 Å². The van der Waals surface area contributed by atoms with E-state index in [2.05, 4.69) is 42.7 Å². The highest BCUT2D eigenvalue weighted by molar-refractivity contribution is 7.13. The van der Waals surface area contributed by atoms with E-state index in [-0.39, 0.29) is 11.8 Å². The monoisotopic (exact) mass is 379 g/mol. The molecule has 0 spiro atoms. The van der Waals surface area contributed by atoms with Crippen molar-refractivity contribution < 1.29 is 9.59 Å². The van der Waals surface area contributed by atoms with Crippen molar-refractivity contribution in [2.75, 3.05) is 10.6 Å². The van der Waals surface area contributed by atoms with Gasteiger partial charge in [0, 0.05) is 36.0 Å². The number of hydrogen-bond acceptors (Lipinski definition) is 4. The van der Waals surface area contributed by atoms with Gasteiger partial charge in [0.05, 0.1) is 11.4 Å². The SMILES string of the molecule is CC(=O)Nc1ccc(-c2csc(-c3ccc(C)cc3C)n2)c(NC(C)=O)c1. The van der Waals surface area contributed by atoms with Crippen LogP contribution in [-0.4, -0.2) is 16.8 Å². The molecular weight excluding hydrogens is 358 g/mol. The molecule has 1 heterocycles. The van der Waals surface area contributed by atoms with Gasteiger partial charge < -0.3 is 10.6 Å². The van der Waals surface area contributed by atoms with Gasteiger partial charge in [0.15, 0.2) is 0 Å². The second kappa shape index (κ2) is 7.72. The zero-order valence-corrected chi connectivity index (χ0v) is 16.5. The van der Waals surface area contributed by atoms with Gasteiger partial charge in [-0.3, -0.25) is 9.59 Å². The highest BCUT2D eigenvalue weighted by atomic mass is 32.1. The van der Waals surface area contributed by atoms with Crippen LogP contribution in [0, 0.1) is 13.8 Å². The first-order valence-electron chi connectivity index (χ1n) is 8.56. The molecule has 2 amide bonds. The molecule has 0 fully saturated rings. The molecule has 6 heteroatoms. The molecule has 1 aromatic heterocycles. The van der Waals surface area contributed by atoms with Crippen molar-refractivity contribution in [2.24, 2.45) is 0 Å². The van der Waals surface area contributed by atoms with Crippen LogP contribution in [0.3, 0.4) is 0 Å². The van der Waals surface area contributed by atoms with E-state index in [1.54, 1.807) is 23.5 Å². The number of nitrogens with one attached hydrogen (secondary N) is 2. The molecule has 3 rings (SSSR count). The van der Waals surface area contributed by atoms with Gasteiger partial charge in [-0.1, -0.05) is 23.8 Å². The van der Waals surface area contributed by atoms with E-state index >= 15 is 0 Å². The lowest BCUT2D eigenvalue weighted by Crippen LogP contribution is -2.09. The summed E-state index contributed by atoms with van der Waals surface area (Å²) in [7, 11) is 0. The smallest absolute Gasteiger partial charge is 0.221 e. The number of carbonyl (C=O) groups excluding carboxylic acids is 2. The summed E-state index contributed by atoms with van der Waals surface area (Å²) in [6, 6.07) is 11.7. The Morgan fingerprint density at radius 3 is 2.30 bits per heavy atom. The number of amides is 2. The van der Waals surface area contributed by atoms with Gasteiger partial charge in [-0.05, 0) is 37.6 Å². The Bertz CT molecular complexity index is 1020. The van der Waals surface area contributed by atoms with Crippen molar-refractivity contribution >= 4 is 34.5 Å². The molecule has 0 aliphatic heterocycles. The standard InChI is InChI=1S/C21H21N3O2S/c1-12-5-7-17(13(2)9-12)21-24-20(11-27-21)18-8-6-16(22-14(3)25)10-19(18)23-15(4)26/h5-11H,1-4H3,(H,22,25)(H,23,26). The number of thiazole rings is 1. The van der Waals surface area contributed by atoms with E-state index in [0.717, 1.165) is 21.8 Å². The summed E-state index contributed by atoms with van der Waals surface area (Å²) in [6.07, 6.45) is 0. The maximum Gasteiger partial charge on any atom is 0.221 e. The van der Waals surface area contributed by atoms with E-state index in [0.29, 0.717) is 11.4 Å². The summed E-state index contributed by atoms with van der Waals surface area (Å²) in [5, 5.41) is 8.47. The Hall–Kier alpha value is -2.99. The maximum atomic E-state index is 11.6. The fourth-order valence-corrected chi connectivity index (χ4v) is 3.83. The lowest BCUT2D eigenvalue weighted by atomic mass is 10.1. The maximum absolute atomic E-state index is 11.6. The Balaban J connectivity index is 2.01. The molecule has 0 radical (unpaired) electrons. The van der Waals surface area contributed by atoms with E-state index in [4.69, 9.17) is 4.98 Å². The molecular formula is C21H21N3O2S. The number of anilines is 2. The Kier molecular flexibility index (Phi) is 5.37. The van der Waals surface area contributed by atoms with Crippen molar-refractivity contribution in [3.63, 3.8) is 0 Å². The van der Waals surface area contributed by atoms with Crippen LogP contribution in [0.1, 0.15) is 25.0 Å². The van der Waals surface area contributed by atoms with Crippen molar-refractivity contribution in [2.45, 2.75) is 27.7 Å². The molecule has 2 N–H and O–H groups in total. The number of aromatic nitrogens is 1. The third-order valence-corrected chi connectivity index (χ3v) is 4.92. The highest BCUT2D eigenvalue weighted by Crippen LogP contribution is 2.35. The van der Waals surface area contributed by atoms with Gasteiger partial charge >= 0.3 is 0 Å². The predicted molar refractivity (Wildman–Crippen MR) is 111 cm³/mol. The van der Waals surface area contributed by atoms with Gasteiger partial charge in [-0.15, -0.1) is 11.3 Å². The van der Waals surface area contributed by atoms with Crippen LogP contribution in [0.25, 0.3) is 21.8 Å². The van der Waals surface area contributed by atoms with Crippen LogP contribution in [0.15, 0.2) is 41.8 Å². The molecule has 0 unspecified atom stereocenters. The van der Waals surface area contributed by atoms with Gasteiger partial charge in [0.2, 0.25) is 11.8 Å². The first-order chi connectivity index (χ1) is 12.8. The fraction of sp³-hybridized carbons (Fsp3) is 0.190. The van der Waals surface area contributed by atoms with Crippen LogP contribution in [0.5, 0.6) is 0 Å². The third-order valence-electron chi connectivity index (χ3n) is 4.04. The van der Waals surface area contributed by atoms with E-state index in [1.165, 1.54) is 25.0 Å². The average Bonchev–Trinajstić information content (AvgIpc) is 3.03. The molecule has 5 nitrogen and oxygen atoms in total. The number of benzene rings is 2. The summed E-state index contributed by atoms with van der Waals surface area (Å²) in [5.41, 5.74) is 6.34. The third kappa shape index (κ3) is 4.41. The molecule has 2 aromatic carbocycles. The number of nitrogens with zero attached hydrogens (tertiary/aromatic N) is 1. The zero-order chi connectivity index (χ0) is 19.6. The summed E-state index contributed by atoms with van der Waals surface area (Å²) >= 11 is 1.57. The summed E-state index contributed by atoms with van der Waals surface area (Å²) in [6.45, 7) is 7.05. The fourth-order valence-electron chi connectivity index (χ4n) is 2.92. The zero-order valence-electron chi connectivity index (χ0n) is 15.7. The minimum atomic E-state index is -0.180. The normalized spacial score (nSPS) is 10.5. The van der Waals surface area contributed by atoms with Gasteiger partial charge in [-0.25, -0.2) is 4.98 Å². The van der Waals surface area contributed by atoms with E-state index < -0.39 is 0 Å². The topological polar surface area (TPSA) is 71.1 Å². The number of rotatable bonds is 4. The highest BCUT2D eigenvalue weighted by Gasteiger charge is 2.14. The Labute approximate surface area is 162 Å². The molecule has 27 heavy (non-hydrogen) atoms. The second-order valence-corrected chi connectivity index (χ2v) is 7.34. The summed E-state index contributed by atoms with van der Waals surface area (Å²) < 4.78 is 0. The molecule has 0 aliphatic rings. The van der Waals surface area contributed by atoms with Crippen molar-refractivity contribution in [1.82, 2.24) is 4.98 Å². The first-order valence-corrected chi connectivity index (χ1v) is 9.44. The molecule has 0 saturated heterocycles. The van der Waals surface area contributed by atoms with Crippen LogP contribution < -0.4 is 10.6 Å². The lowest BCUT2D eigenvalue weighted by Gasteiger charge is -2.11. The lowest BCUT2D eigenvalue weighted by molar-refractivity contribution is -0.115. The minimum Gasteiger partial charge on any atom is -0.326 e. The second-order valence-electron chi connectivity index (χ2n) is 6.48. The number of hydrogen-bond donors (Lipinski definition) is 2. The molecule has 138 valence electrons. The van der Waals surface area contributed by atoms with Gasteiger partial charge in [-0.2, -0.15) is 0 Å². The predicted octanol–water partition coefficient (Wildman–Crippen LogP) is 5.01. The summed E-state index contributed by atoms with van der Waals surface area (Å²) in [5.74, 6) is -0.344. The number of aryl methyl sites for hydroxylation is 2. The Morgan fingerprint density at radius 1 is 0.926 bits per heavy atom. The van der Waals surface area contributed by atoms with E-state index in [1.807, 2.05) is 11.4 Å². The first kappa shape index (κ1) is 18.8. The van der Waals surface area contributed by atoms with E-state index in [9.17, 15) is 9.59 Å². The van der Waals surface area contributed by atoms with Crippen molar-refractivity contribution in [3.8, 4) is 21.8 Å². The van der Waals surface area contributed by atoms with Crippen LogP contribution >= 0.6 is 11.3 Å². The van der Waals surface area contributed by atoms with Crippen LogP contribution in [-0.2, 0) is 9.59 Å².